The summed E-state index contributed by atoms with van der Waals surface area (Å²) in [5.41, 5.74) is 2.01. The summed E-state index contributed by atoms with van der Waals surface area (Å²) >= 11 is 8.38. The van der Waals surface area contributed by atoms with E-state index in [9.17, 15) is 10.1 Å². The lowest BCUT2D eigenvalue weighted by Crippen LogP contribution is -2.13. The van der Waals surface area contributed by atoms with E-state index < -0.39 is 5.91 Å². The number of rotatable bonds is 9. The summed E-state index contributed by atoms with van der Waals surface area (Å²) in [6, 6.07) is 19.8. The SMILES string of the molecule is CCOc1cc(/C=C(/C#N)C(=O)Nc2ccc(OC)cc2)cc(I)c1OCc1ccccc1Cl. The quantitative estimate of drug-likeness (QED) is 0.176. The summed E-state index contributed by atoms with van der Waals surface area (Å²) in [6.07, 6.45) is 1.52. The third-order valence-electron chi connectivity index (χ3n) is 4.69. The third kappa shape index (κ3) is 6.65. The molecular weight excluding hydrogens is 567 g/mol. The van der Waals surface area contributed by atoms with Gasteiger partial charge < -0.3 is 19.5 Å². The summed E-state index contributed by atoms with van der Waals surface area (Å²) in [4.78, 5) is 12.7. The van der Waals surface area contributed by atoms with E-state index in [0.717, 1.165) is 9.13 Å². The Morgan fingerprint density at radius 1 is 1.15 bits per heavy atom. The van der Waals surface area contributed by atoms with Crippen molar-refractivity contribution in [1.82, 2.24) is 0 Å². The molecule has 0 spiro atoms. The molecule has 0 heterocycles. The minimum absolute atomic E-state index is 0.0428. The Morgan fingerprint density at radius 2 is 1.88 bits per heavy atom. The highest BCUT2D eigenvalue weighted by Gasteiger charge is 2.15. The van der Waals surface area contributed by atoms with Gasteiger partial charge in [0.25, 0.3) is 5.91 Å². The fraction of sp³-hybridized carbons (Fsp3) is 0.154. The van der Waals surface area contributed by atoms with Gasteiger partial charge in [-0.05, 0) is 83.6 Å². The molecule has 3 aromatic rings. The Labute approximate surface area is 217 Å². The normalized spacial score (nSPS) is 10.9. The average Bonchev–Trinajstić information content (AvgIpc) is 2.83. The van der Waals surface area contributed by atoms with Crippen LogP contribution in [0.4, 0.5) is 5.69 Å². The Balaban J connectivity index is 1.83. The van der Waals surface area contributed by atoms with Crippen molar-refractivity contribution < 1.29 is 19.0 Å². The van der Waals surface area contributed by atoms with E-state index in [2.05, 4.69) is 27.9 Å². The number of ether oxygens (including phenoxy) is 3. The Hall–Kier alpha value is -3.22. The van der Waals surface area contributed by atoms with Crippen molar-refractivity contribution in [3.05, 3.63) is 86.0 Å². The lowest BCUT2D eigenvalue weighted by Gasteiger charge is -2.15. The van der Waals surface area contributed by atoms with Crippen molar-refractivity contribution in [1.29, 1.82) is 5.26 Å². The molecule has 3 aromatic carbocycles. The number of anilines is 1. The molecule has 0 radical (unpaired) electrons. The number of nitrogens with one attached hydrogen (secondary N) is 1. The molecule has 1 N–H and O–H groups in total. The zero-order valence-corrected chi connectivity index (χ0v) is 21.5. The van der Waals surface area contributed by atoms with Crippen molar-refractivity contribution in [2.24, 2.45) is 0 Å². The Bertz CT molecular complexity index is 1240. The van der Waals surface area contributed by atoms with Crippen LogP contribution in [-0.2, 0) is 11.4 Å². The first-order valence-electron chi connectivity index (χ1n) is 10.3. The summed E-state index contributed by atoms with van der Waals surface area (Å²) in [6.45, 7) is 2.57. The fourth-order valence-corrected chi connectivity index (χ4v) is 4.00. The molecule has 174 valence electrons. The van der Waals surface area contributed by atoms with Gasteiger partial charge >= 0.3 is 0 Å². The maximum atomic E-state index is 12.7. The van der Waals surface area contributed by atoms with Gasteiger partial charge in [-0.15, -0.1) is 0 Å². The van der Waals surface area contributed by atoms with Crippen LogP contribution in [0.1, 0.15) is 18.1 Å². The van der Waals surface area contributed by atoms with Crippen molar-refractivity contribution in [3.63, 3.8) is 0 Å². The van der Waals surface area contributed by atoms with Crippen molar-refractivity contribution in [2.45, 2.75) is 13.5 Å². The molecule has 0 atom stereocenters. The first-order valence-corrected chi connectivity index (χ1v) is 11.8. The van der Waals surface area contributed by atoms with Gasteiger partial charge in [-0.25, -0.2) is 0 Å². The van der Waals surface area contributed by atoms with Crippen LogP contribution < -0.4 is 19.5 Å². The van der Waals surface area contributed by atoms with Gasteiger partial charge in [0, 0.05) is 16.3 Å². The maximum Gasteiger partial charge on any atom is 0.266 e. The van der Waals surface area contributed by atoms with Crippen LogP contribution in [0.3, 0.4) is 0 Å². The largest absolute Gasteiger partial charge is 0.497 e. The second-order valence-electron chi connectivity index (χ2n) is 7.00. The molecule has 0 aliphatic carbocycles. The van der Waals surface area contributed by atoms with Gasteiger partial charge in [-0.2, -0.15) is 5.26 Å². The van der Waals surface area contributed by atoms with Crippen LogP contribution in [0.25, 0.3) is 6.08 Å². The van der Waals surface area contributed by atoms with Gasteiger partial charge in [0.05, 0.1) is 17.3 Å². The average molecular weight is 589 g/mol. The maximum absolute atomic E-state index is 12.7. The summed E-state index contributed by atoms with van der Waals surface area (Å²) in [7, 11) is 1.56. The Kier molecular flexibility index (Phi) is 9.19. The first kappa shape index (κ1) is 25.4. The molecule has 0 aliphatic heterocycles. The molecule has 0 unspecified atom stereocenters. The Morgan fingerprint density at radius 3 is 2.53 bits per heavy atom. The van der Waals surface area contributed by atoms with E-state index in [1.54, 1.807) is 37.4 Å². The highest BCUT2D eigenvalue weighted by molar-refractivity contribution is 14.1. The van der Waals surface area contributed by atoms with Gasteiger partial charge in [0.15, 0.2) is 11.5 Å². The van der Waals surface area contributed by atoms with Gasteiger partial charge in [0.1, 0.15) is 24.0 Å². The van der Waals surface area contributed by atoms with E-state index in [0.29, 0.717) is 40.1 Å². The molecule has 6 nitrogen and oxygen atoms in total. The summed E-state index contributed by atoms with van der Waals surface area (Å²) < 4.78 is 17.7. The highest BCUT2D eigenvalue weighted by Crippen LogP contribution is 2.36. The van der Waals surface area contributed by atoms with E-state index in [4.69, 9.17) is 25.8 Å². The van der Waals surface area contributed by atoms with Crippen LogP contribution in [-0.4, -0.2) is 19.6 Å². The number of hydrogen-bond acceptors (Lipinski definition) is 5. The number of carbonyl (C=O) groups excluding carboxylic acids is 1. The molecule has 0 saturated carbocycles. The molecule has 34 heavy (non-hydrogen) atoms. The number of hydrogen-bond donors (Lipinski definition) is 1. The molecule has 3 rings (SSSR count). The second-order valence-corrected chi connectivity index (χ2v) is 8.56. The van der Waals surface area contributed by atoms with Crippen molar-refractivity contribution >= 4 is 51.9 Å². The van der Waals surface area contributed by atoms with Crippen molar-refractivity contribution in [2.75, 3.05) is 19.0 Å². The number of methoxy groups -OCH3 is 1. The van der Waals surface area contributed by atoms with E-state index >= 15 is 0 Å². The van der Waals surface area contributed by atoms with Crippen LogP contribution in [0.2, 0.25) is 5.02 Å². The molecule has 0 aromatic heterocycles. The standard InChI is InChI=1S/C26H22ClIN2O4/c1-3-33-24-14-17(13-23(28)25(24)34-16-18-6-4-5-7-22(18)27)12-19(15-29)26(31)30-20-8-10-21(32-2)11-9-20/h4-14H,3,16H2,1-2H3,(H,30,31)/b19-12-. The minimum Gasteiger partial charge on any atom is -0.497 e. The fourth-order valence-electron chi connectivity index (χ4n) is 3.03. The second kappa shape index (κ2) is 12.3. The number of halogens is 2. The van der Waals surface area contributed by atoms with Crippen LogP contribution in [0.15, 0.2) is 66.2 Å². The molecule has 1 amide bonds. The predicted molar refractivity (Wildman–Crippen MR) is 141 cm³/mol. The predicted octanol–water partition coefficient (Wildman–Crippen LogP) is 6.48. The minimum atomic E-state index is -0.514. The van der Waals surface area contributed by atoms with E-state index in [-0.39, 0.29) is 12.2 Å². The number of carbonyl (C=O) groups is 1. The first-order chi connectivity index (χ1) is 16.4. The zero-order chi connectivity index (χ0) is 24.5. The van der Waals surface area contributed by atoms with Crippen LogP contribution >= 0.6 is 34.2 Å². The molecular formula is C26H22ClIN2O4. The van der Waals surface area contributed by atoms with Crippen LogP contribution in [0, 0.1) is 14.9 Å². The number of nitrogens with zero attached hydrogens (tertiary/aromatic N) is 1. The highest BCUT2D eigenvalue weighted by atomic mass is 127. The molecule has 0 aliphatic rings. The molecule has 0 bridgehead atoms. The van der Waals surface area contributed by atoms with Gasteiger partial charge in [-0.3, -0.25) is 4.79 Å². The lowest BCUT2D eigenvalue weighted by atomic mass is 10.1. The van der Waals surface area contributed by atoms with E-state index in [1.807, 2.05) is 43.3 Å². The smallest absolute Gasteiger partial charge is 0.266 e. The zero-order valence-electron chi connectivity index (χ0n) is 18.6. The molecule has 0 fully saturated rings. The summed E-state index contributed by atoms with van der Waals surface area (Å²) in [5.74, 6) is 1.24. The van der Waals surface area contributed by atoms with Crippen molar-refractivity contribution in [3.8, 4) is 23.3 Å². The third-order valence-corrected chi connectivity index (χ3v) is 5.86. The van der Waals surface area contributed by atoms with Gasteiger partial charge in [0.2, 0.25) is 0 Å². The number of benzene rings is 3. The lowest BCUT2D eigenvalue weighted by molar-refractivity contribution is -0.112. The molecule has 0 saturated heterocycles. The van der Waals surface area contributed by atoms with Crippen LogP contribution in [0.5, 0.6) is 17.2 Å². The monoisotopic (exact) mass is 588 g/mol. The summed E-state index contributed by atoms with van der Waals surface area (Å²) in [5, 5.41) is 12.9. The molecule has 8 heteroatoms. The van der Waals surface area contributed by atoms with E-state index in [1.165, 1.54) is 6.08 Å². The number of amides is 1. The number of nitriles is 1. The topological polar surface area (TPSA) is 80.6 Å². The van der Waals surface area contributed by atoms with Gasteiger partial charge in [-0.1, -0.05) is 29.8 Å².